The van der Waals surface area contributed by atoms with E-state index in [2.05, 4.69) is 15.5 Å². The molecule has 2 aromatic rings. The lowest BCUT2D eigenvalue weighted by molar-refractivity contribution is -0.126. The number of anilines is 1. The zero-order chi connectivity index (χ0) is 24.5. The average Bonchev–Trinajstić information content (AvgIpc) is 2.78. The number of azo groups is 1. The van der Waals surface area contributed by atoms with E-state index in [-0.39, 0.29) is 27.2 Å². The molecule has 11 heteroatoms. The quantitative estimate of drug-likeness (QED) is 0.324. The Morgan fingerprint density at radius 1 is 1.00 bits per heavy atom. The molecule has 0 heterocycles. The molecule has 9 nitrogen and oxygen atoms in total. The molecule has 1 N–H and O–H groups in total. The van der Waals surface area contributed by atoms with Crippen LogP contribution in [0.4, 0.5) is 11.4 Å². The molecule has 0 aliphatic carbocycles. The van der Waals surface area contributed by atoms with E-state index in [0.29, 0.717) is 30.5 Å². The van der Waals surface area contributed by atoms with Gasteiger partial charge in [0, 0.05) is 12.1 Å². The molecule has 0 aliphatic heterocycles. The lowest BCUT2D eigenvalue weighted by Crippen LogP contribution is -2.32. The van der Waals surface area contributed by atoms with Crippen molar-refractivity contribution in [3.63, 3.8) is 0 Å². The molecule has 0 saturated heterocycles. The Bertz CT molecular complexity index is 1020. The van der Waals surface area contributed by atoms with E-state index in [1.54, 1.807) is 26.0 Å². The summed E-state index contributed by atoms with van der Waals surface area (Å²) in [6.45, 7) is 5.44. The lowest BCUT2D eigenvalue weighted by atomic mass is 10.2. The number of benzene rings is 2. The number of nitrogens with zero attached hydrogens (tertiary/aromatic N) is 2. The van der Waals surface area contributed by atoms with Gasteiger partial charge in [-0.1, -0.05) is 23.2 Å². The second-order valence-electron chi connectivity index (χ2n) is 6.50. The van der Waals surface area contributed by atoms with Crippen LogP contribution in [0.3, 0.4) is 0 Å². The van der Waals surface area contributed by atoms with Crippen LogP contribution in [0.15, 0.2) is 34.5 Å². The maximum atomic E-state index is 13.0. The van der Waals surface area contributed by atoms with Gasteiger partial charge in [0.2, 0.25) is 6.04 Å². The third kappa shape index (κ3) is 6.49. The molecule has 0 saturated carbocycles. The minimum atomic E-state index is -1.44. The fraction of sp³-hybridized carbons (Fsp3) is 0.364. The van der Waals surface area contributed by atoms with Crippen molar-refractivity contribution in [2.45, 2.75) is 26.8 Å². The molecule has 0 radical (unpaired) electrons. The van der Waals surface area contributed by atoms with Crippen LogP contribution >= 0.6 is 23.2 Å². The van der Waals surface area contributed by atoms with Crippen LogP contribution in [-0.2, 0) is 9.59 Å². The minimum absolute atomic E-state index is 0.201. The van der Waals surface area contributed by atoms with Crippen LogP contribution in [0.1, 0.15) is 20.8 Å². The first-order valence-corrected chi connectivity index (χ1v) is 10.7. The number of hydrogen-bond donors (Lipinski definition) is 1. The Morgan fingerprint density at radius 2 is 1.61 bits per heavy atom. The summed E-state index contributed by atoms with van der Waals surface area (Å²) in [5.41, 5.74) is 0.479. The Labute approximate surface area is 202 Å². The summed E-state index contributed by atoms with van der Waals surface area (Å²) in [5, 5.41) is 11.1. The smallest absolute Gasteiger partial charge is 0.259 e. The molecule has 0 aliphatic rings. The highest BCUT2D eigenvalue weighted by atomic mass is 35.5. The third-order valence-corrected chi connectivity index (χ3v) is 4.93. The van der Waals surface area contributed by atoms with Gasteiger partial charge >= 0.3 is 0 Å². The fourth-order valence-electron chi connectivity index (χ4n) is 2.77. The van der Waals surface area contributed by atoms with Gasteiger partial charge in [-0.05, 0) is 32.9 Å². The van der Waals surface area contributed by atoms with Crippen LogP contribution < -0.4 is 24.3 Å². The standard InChI is InChI=1S/C22H25Cl2N3O6/c1-6-32-15-9-8-14(23)21(33-7-2)20(15)25-22(29)19(12(3)28)27-26-13-10-16(30-4)18(24)17(11-13)31-5/h8-11,19H,6-7H2,1-5H3,(H,25,29). The topological polar surface area (TPSA) is 108 Å². The first-order valence-electron chi connectivity index (χ1n) is 9.99. The average molecular weight is 498 g/mol. The monoisotopic (exact) mass is 497 g/mol. The first kappa shape index (κ1) is 26.2. The predicted octanol–water partition coefficient (Wildman–Crippen LogP) is 5.49. The van der Waals surface area contributed by atoms with Crippen molar-refractivity contribution in [2.75, 3.05) is 32.8 Å². The molecule has 0 spiro atoms. The van der Waals surface area contributed by atoms with E-state index in [0.717, 1.165) is 0 Å². The van der Waals surface area contributed by atoms with Gasteiger partial charge in [-0.2, -0.15) is 10.2 Å². The Hall–Kier alpha value is -3.04. The van der Waals surface area contributed by atoms with Gasteiger partial charge in [-0.15, -0.1) is 0 Å². The van der Waals surface area contributed by atoms with E-state index < -0.39 is 17.7 Å². The molecular formula is C22H25Cl2N3O6. The normalized spacial score (nSPS) is 11.7. The number of carbonyl (C=O) groups excluding carboxylic acids is 2. The summed E-state index contributed by atoms with van der Waals surface area (Å²) < 4.78 is 21.5. The maximum absolute atomic E-state index is 13.0. The van der Waals surface area contributed by atoms with Gasteiger partial charge in [0.15, 0.2) is 11.5 Å². The van der Waals surface area contributed by atoms with Gasteiger partial charge in [0.25, 0.3) is 5.91 Å². The number of halogens is 2. The van der Waals surface area contributed by atoms with Crippen molar-refractivity contribution in [3.05, 3.63) is 34.3 Å². The molecule has 178 valence electrons. The number of nitrogens with one attached hydrogen (secondary N) is 1. The van der Waals surface area contributed by atoms with Crippen LogP contribution in [0.25, 0.3) is 0 Å². The molecule has 2 rings (SSSR count). The second-order valence-corrected chi connectivity index (χ2v) is 7.28. The summed E-state index contributed by atoms with van der Waals surface area (Å²) in [7, 11) is 2.87. The number of carbonyl (C=O) groups is 2. The number of Topliss-reactive ketones (excluding diaryl/α,β-unsaturated/α-hetero) is 1. The van der Waals surface area contributed by atoms with E-state index in [9.17, 15) is 9.59 Å². The van der Waals surface area contributed by atoms with E-state index in [1.165, 1.54) is 33.3 Å². The summed E-state index contributed by atoms with van der Waals surface area (Å²) >= 11 is 12.4. The number of methoxy groups -OCH3 is 2. The predicted molar refractivity (Wildman–Crippen MR) is 126 cm³/mol. The van der Waals surface area contributed by atoms with Crippen molar-refractivity contribution in [3.8, 4) is 23.0 Å². The van der Waals surface area contributed by atoms with Gasteiger partial charge in [-0.25, -0.2) is 0 Å². The maximum Gasteiger partial charge on any atom is 0.259 e. The molecule has 0 aromatic heterocycles. The summed E-state index contributed by atoms with van der Waals surface area (Å²) in [6.07, 6.45) is 0. The van der Waals surface area contributed by atoms with Crippen LogP contribution in [0, 0.1) is 0 Å². The highest BCUT2D eigenvalue weighted by Crippen LogP contribution is 2.41. The van der Waals surface area contributed by atoms with Crippen LogP contribution in [-0.4, -0.2) is 45.2 Å². The number of ketones is 1. The molecule has 0 fully saturated rings. The van der Waals surface area contributed by atoms with Crippen molar-refractivity contribution < 1.29 is 28.5 Å². The Morgan fingerprint density at radius 3 is 2.12 bits per heavy atom. The Kier molecular flexibility index (Phi) is 9.74. The van der Waals surface area contributed by atoms with E-state index >= 15 is 0 Å². The molecular weight excluding hydrogens is 473 g/mol. The summed E-state index contributed by atoms with van der Waals surface area (Å²) in [4.78, 5) is 25.2. The van der Waals surface area contributed by atoms with E-state index in [1.807, 2.05) is 0 Å². The SMILES string of the molecule is CCOc1ccc(Cl)c(OCC)c1NC(=O)C(N=Nc1cc(OC)c(Cl)c(OC)c1)C(C)=O. The molecule has 0 bridgehead atoms. The van der Waals surface area contributed by atoms with Crippen molar-refractivity contribution in [1.82, 2.24) is 0 Å². The van der Waals surface area contributed by atoms with E-state index in [4.69, 9.17) is 42.1 Å². The minimum Gasteiger partial charge on any atom is -0.495 e. The molecule has 1 amide bonds. The van der Waals surface area contributed by atoms with Gasteiger partial charge < -0.3 is 24.3 Å². The molecule has 2 aromatic carbocycles. The van der Waals surface area contributed by atoms with Gasteiger partial charge in [-0.3, -0.25) is 9.59 Å². The largest absolute Gasteiger partial charge is 0.495 e. The summed E-state index contributed by atoms with van der Waals surface area (Å²) in [5.74, 6) is -0.0914. The second kappa shape index (κ2) is 12.3. The fourth-order valence-corrected chi connectivity index (χ4v) is 3.24. The van der Waals surface area contributed by atoms with Crippen molar-refractivity contribution in [1.29, 1.82) is 0 Å². The van der Waals surface area contributed by atoms with Crippen molar-refractivity contribution in [2.24, 2.45) is 10.2 Å². The number of ether oxygens (including phenoxy) is 4. The van der Waals surface area contributed by atoms with Crippen LogP contribution in [0.2, 0.25) is 10.0 Å². The van der Waals surface area contributed by atoms with Crippen LogP contribution in [0.5, 0.6) is 23.0 Å². The lowest BCUT2D eigenvalue weighted by Gasteiger charge is -2.18. The van der Waals surface area contributed by atoms with Gasteiger partial charge in [0.1, 0.15) is 28.0 Å². The zero-order valence-corrected chi connectivity index (χ0v) is 20.4. The third-order valence-electron chi connectivity index (χ3n) is 4.26. The zero-order valence-electron chi connectivity index (χ0n) is 18.9. The molecule has 33 heavy (non-hydrogen) atoms. The van der Waals surface area contributed by atoms with Crippen molar-refractivity contribution >= 4 is 46.3 Å². The number of amides is 1. The molecule has 1 unspecified atom stereocenters. The Balaban J connectivity index is 2.40. The highest BCUT2D eigenvalue weighted by Gasteiger charge is 2.27. The number of hydrogen-bond acceptors (Lipinski definition) is 8. The van der Waals surface area contributed by atoms with Gasteiger partial charge in [0.05, 0.1) is 38.1 Å². The number of rotatable bonds is 11. The highest BCUT2D eigenvalue weighted by molar-refractivity contribution is 6.33. The summed E-state index contributed by atoms with van der Waals surface area (Å²) in [6, 6.07) is 4.75. The first-order chi connectivity index (χ1) is 15.8. The molecule has 1 atom stereocenters.